The van der Waals surface area contributed by atoms with Crippen molar-refractivity contribution in [2.75, 3.05) is 0 Å². The lowest BCUT2D eigenvalue weighted by Crippen LogP contribution is -1.85. The van der Waals surface area contributed by atoms with Gasteiger partial charge in [0.05, 0.1) is 0 Å². The third kappa shape index (κ3) is 4.80. The highest BCUT2D eigenvalue weighted by molar-refractivity contribution is 7.71. The minimum Gasteiger partial charge on any atom is -0.208 e. The van der Waals surface area contributed by atoms with E-state index >= 15 is 0 Å². The second-order valence-corrected chi connectivity index (χ2v) is 4.04. The molecule has 0 atom stereocenters. The van der Waals surface area contributed by atoms with Gasteiger partial charge >= 0.3 is 0 Å². The van der Waals surface area contributed by atoms with Crippen LogP contribution >= 0.6 is 0 Å². The van der Waals surface area contributed by atoms with Crippen LogP contribution in [-0.4, -0.2) is 29.3 Å². The quantitative estimate of drug-likeness (QED) is 0.568. The van der Waals surface area contributed by atoms with Gasteiger partial charge in [-0.15, -0.1) is 0 Å². The maximum atomic E-state index is 10.2. The summed E-state index contributed by atoms with van der Waals surface area (Å²) in [7, 11) is -5.57. The first kappa shape index (κ1) is 12.5. The summed E-state index contributed by atoms with van der Waals surface area (Å²) in [5.74, 6) is 0. The molecule has 8 heteroatoms. The van der Waals surface area contributed by atoms with Crippen LogP contribution in [0.5, 0.6) is 0 Å². The molecular weight excluding hydrogens is 252 g/mol. The summed E-state index contributed by atoms with van der Waals surface area (Å²) in [6, 6.07) is 6.40. The molecule has 0 aliphatic rings. The molecule has 0 saturated heterocycles. The molecule has 0 bridgehead atoms. The molecule has 1 aromatic rings. The van der Waals surface area contributed by atoms with Gasteiger partial charge in [0.15, 0.2) is 0 Å². The first-order chi connectivity index (χ1) is 7.58. The van der Waals surface area contributed by atoms with E-state index in [-0.39, 0.29) is 0 Å². The summed E-state index contributed by atoms with van der Waals surface area (Å²) in [5.41, 5.74) is 1.20. The van der Waals surface area contributed by atoms with E-state index in [9.17, 15) is 16.8 Å². The van der Waals surface area contributed by atoms with Crippen LogP contribution in [0.2, 0.25) is 0 Å². The standard InChI is InChI=1S/C8H8N2O4S2/c11-15(12)9-5-7-1-2-8(4-3-7)6-10-16(13)14/h1-6,15-16H/b9-5-,10-6-. The third-order valence-corrected chi connectivity index (χ3v) is 2.15. The zero-order valence-electron chi connectivity index (χ0n) is 7.89. The zero-order chi connectivity index (χ0) is 12.0. The van der Waals surface area contributed by atoms with Crippen LogP contribution in [0.1, 0.15) is 11.1 Å². The van der Waals surface area contributed by atoms with Crippen molar-refractivity contribution in [3.05, 3.63) is 35.4 Å². The molecule has 1 aromatic carbocycles. The number of benzene rings is 1. The summed E-state index contributed by atoms with van der Waals surface area (Å²) < 4.78 is 47.1. The van der Waals surface area contributed by atoms with Gasteiger partial charge in [-0.3, -0.25) is 0 Å². The number of hydrogen-bond donors (Lipinski definition) is 2. The fourth-order valence-corrected chi connectivity index (χ4v) is 1.35. The second-order valence-electron chi connectivity index (χ2n) is 2.63. The van der Waals surface area contributed by atoms with Crippen LogP contribution in [0.15, 0.2) is 33.1 Å². The first-order valence-corrected chi connectivity index (χ1v) is 6.31. The molecule has 86 valence electrons. The average molecular weight is 260 g/mol. The molecule has 16 heavy (non-hydrogen) atoms. The Labute approximate surface area is 95.5 Å². The molecule has 0 unspecified atom stereocenters. The van der Waals surface area contributed by atoms with E-state index in [0.717, 1.165) is 0 Å². The molecule has 0 aromatic heterocycles. The second kappa shape index (κ2) is 6.13. The number of nitrogens with zero attached hydrogens (tertiary/aromatic N) is 2. The van der Waals surface area contributed by atoms with E-state index in [2.05, 4.69) is 8.80 Å². The largest absolute Gasteiger partial charge is 0.243 e. The third-order valence-electron chi connectivity index (χ3n) is 1.54. The molecule has 0 amide bonds. The smallest absolute Gasteiger partial charge is 0.208 e. The van der Waals surface area contributed by atoms with Gasteiger partial charge in [-0.1, -0.05) is 24.3 Å². The average Bonchev–Trinajstić information content (AvgIpc) is 2.25. The molecule has 0 radical (unpaired) electrons. The van der Waals surface area contributed by atoms with Crippen molar-refractivity contribution < 1.29 is 16.8 Å². The Balaban J connectivity index is 2.83. The summed E-state index contributed by atoms with van der Waals surface area (Å²) >= 11 is 0. The Morgan fingerprint density at radius 2 is 1.06 bits per heavy atom. The van der Waals surface area contributed by atoms with Gasteiger partial charge in [0.25, 0.3) is 0 Å². The van der Waals surface area contributed by atoms with Crippen molar-refractivity contribution in [1.29, 1.82) is 0 Å². The Bertz CT molecular complexity index is 489. The summed E-state index contributed by atoms with van der Waals surface area (Å²) in [6.45, 7) is 0. The van der Waals surface area contributed by atoms with Crippen molar-refractivity contribution in [1.82, 2.24) is 0 Å². The van der Waals surface area contributed by atoms with Crippen molar-refractivity contribution in [2.45, 2.75) is 0 Å². The van der Waals surface area contributed by atoms with Crippen molar-refractivity contribution in [3.63, 3.8) is 0 Å². The lowest BCUT2D eigenvalue weighted by atomic mass is 10.2. The monoisotopic (exact) mass is 260 g/mol. The van der Waals surface area contributed by atoms with Gasteiger partial charge < -0.3 is 0 Å². The Morgan fingerprint density at radius 1 is 0.750 bits per heavy atom. The molecule has 6 nitrogen and oxygen atoms in total. The molecule has 0 aliphatic heterocycles. The number of thiol groups is 2. The van der Waals surface area contributed by atoms with Gasteiger partial charge in [-0.05, 0) is 11.1 Å². The molecule has 1 rings (SSSR count). The minimum absolute atomic E-state index is 0.600. The number of rotatable bonds is 4. The van der Waals surface area contributed by atoms with Crippen molar-refractivity contribution >= 4 is 34.2 Å². The molecule has 0 aliphatic carbocycles. The predicted molar refractivity (Wildman–Crippen MR) is 62.3 cm³/mol. The topological polar surface area (TPSA) is 93.0 Å². The number of hydrogen-bond acceptors (Lipinski definition) is 4. The van der Waals surface area contributed by atoms with Gasteiger partial charge in [0.2, 0.25) is 21.8 Å². The van der Waals surface area contributed by atoms with Gasteiger partial charge in [-0.25, -0.2) is 16.8 Å². The molecule has 0 saturated carbocycles. The maximum absolute atomic E-state index is 10.2. The highest BCUT2D eigenvalue weighted by Crippen LogP contribution is 2.00. The molecule has 0 N–H and O–H groups in total. The van der Waals surface area contributed by atoms with E-state index in [1.165, 1.54) is 12.4 Å². The van der Waals surface area contributed by atoms with E-state index in [4.69, 9.17) is 0 Å². The van der Waals surface area contributed by atoms with E-state index in [0.29, 0.717) is 11.1 Å². The molecular formula is C8H8N2O4S2. The van der Waals surface area contributed by atoms with Crippen LogP contribution in [0.25, 0.3) is 0 Å². The SMILES string of the molecule is O=[SH](=O)/N=C\c1ccc(/C=N\[SH](=O)=O)cc1. The zero-order valence-corrected chi connectivity index (χ0v) is 9.67. The highest BCUT2D eigenvalue weighted by atomic mass is 32.2. The van der Waals surface area contributed by atoms with E-state index in [1.807, 2.05) is 0 Å². The molecule has 0 fully saturated rings. The summed E-state index contributed by atoms with van der Waals surface area (Å²) in [4.78, 5) is 0. The summed E-state index contributed by atoms with van der Waals surface area (Å²) in [6.07, 6.45) is 2.39. The minimum atomic E-state index is -2.78. The summed E-state index contributed by atoms with van der Waals surface area (Å²) in [5, 5.41) is 0. The van der Waals surface area contributed by atoms with Crippen LogP contribution in [0.3, 0.4) is 0 Å². The van der Waals surface area contributed by atoms with E-state index in [1.54, 1.807) is 24.3 Å². The lowest BCUT2D eigenvalue weighted by Gasteiger charge is -1.92. The fraction of sp³-hybridized carbons (Fsp3) is 0. The van der Waals surface area contributed by atoms with Crippen LogP contribution in [0.4, 0.5) is 0 Å². The molecule has 0 heterocycles. The Hall–Kier alpha value is -1.54. The lowest BCUT2D eigenvalue weighted by molar-refractivity contribution is 0.614. The van der Waals surface area contributed by atoms with E-state index < -0.39 is 21.8 Å². The van der Waals surface area contributed by atoms with Crippen LogP contribution in [0, 0.1) is 0 Å². The van der Waals surface area contributed by atoms with Crippen molar-refractivity contribution in [3.8, 4) is 0 Å². The first-order valence-electron chi connectivity index (χ1n) is 4.05. The Morgan fingerprint density at radius 3 is 1.31 bits per heavy atom. The van der Waals surface area contributed by atoms with Gasteiger partial charge in [0, 0.05) is 12.4 Å². The Kier molecular flexibility index (Phi) is 4.80. The van der Waals surface area contributed by atoms with Gasteiger partial charge in [0.1, 0.15) is 0 Å². The van der Waals surface area contributed by atoms with Gasteiger partial charge in [-0.2, -0.15) is 8.80 Å². The molecule has 0 spiro atoms. The van der Waals surface area contributed by atoms with Crippen LogP contribution in [-0.2, 0) is 21.8 Å². The van der Waals surface area contributed by atoms with Crippen LogP contribution < -0.4 is 0 Å². The van der Waals surface area contributed by atoms with Crippen molar-refractivity contribution in [2.24, 2.45) is 8.80 Å². The fourth-order valence-electron chi connectivity index (χ4n) is 0.896. The highest BCUT2D eigenvalue weighted by Gasteiger charge is 1.89. The predicted octanol–water partition coefficient (Wildman–Crippen LogP) is -0.423. The normalized spacial score (nSPS) is 12.1. The maximum Gasteiger partial charge on any atom is 0.243 e.